The molecule has 130 valence electrons. The third-order valence-electron chi connectivity index (χ3n) is 4.34. The van der Waals surface area contributed by atoms with Crippen LogP contribution in [-0.4, -0.2) is 34.8 Å². The molecule has 2 heterocycles. The minimum absolute atomic E-state index is 0.0930. The van der Waals surface area contributed by atoms with Crippen molar-refractivity contribution in [1.29, 1.82) is 0 Å². The number of hydrogen-bond donors (Lipinski definition) is 2. The summed E-state index contributed by atoms with van der Waals surface area (Å²) in [5.74, 6) is 0.180. The normalized spacial score (nSPS) is 14.2. The number of pyridine rings is 1. The molecule has 25 heavy (non-hydrogen) atoms. The summed E-state index contributed by atoms with van der Waals surface area (Å²) in [6.45, 7) is 2.19. The van der Waals surface area contributed by atoms with E-state index in [1.807, 2.05) is 29.2 Å². The van der Waals surface area contributed by atoms with Crippen LogP contribution in [0.25, 0.3) is 0 Å². The Bertz CT molecular complexity index is 770. The molecule has 0 aliphatic carbocycles. The monoisotopic (exact) mass is 338 g/mol. The quantitative estimate of drug-likeness (QED) is 0.876. The maximum absolute atomic E-state index is 12.6. The van der Waals surface area contributed by atoms with Gasteiger partial charge < -0.3 is 16.0 Å². The van der Waals surface area contributed by atoms with Crippen molar-refractivity contribution in [2.45, 2.75) is 25.8 Å². The second-order valence-corrected chi connectivity index (χ2v) is 6.20. The fraction of sp³-hybridized carbons (Fsp3) is 0.316. The lowest BCUT2D eigenvalue weighted by atomic mass is 10.1. The molecule has 3 N–H and O–H groups in total. The molecule has 0 unspecified atom stereocenters. The molecule has 0 atom stereocenters. The van der Waals surface area contributed by atoms with Gasteiger partial charge in [-0.3, -0.25) is 9.59 Å². The Hall–Kier alpha value is -2.89. The molecule has 1 fully saturated rings. The van der Waals surface area contributed by atoms with Crippen molar-refractivity contribution in [2.75, 3.05) is 18.4 Å². The zero-order valence-electron chi connectivity index (χ0n) is 14.1. The van der Waals surface area contributed by atoms with E-state index < -0.39 is 5.91 Å². The first-order valence-electron chi connectivity index (χ1n) is 8.51. The van der Waals surface area contributed by atoms with Crippen molar-refractivity contribution in [2.24, 2.45) is 5.73 Å². The zero-order chi connectivity index (χ0) is 17.6. The standard InChI is InChI=1S/C19H22N4O2/c20-18(24)15-7-8-21-17(12-15)22-13-14-5-4-6-16(11-14)19(25)23-9-2-1-3-10-23/h4-8,11-12H,1-3,9-10,13H2,(H2,20,24)(H,21,22). The summed E-state index contributed by atoms with van der Waals surface area (Å²) in [6, 6.07) is 10.8. The number of piperidine rings is 1. The van der Waals surface area contributed by atoms with Crippen molar-refractivity contribution in [3.8, 4) is 0 Å². The number of rotatable bonds is 5. The van der Waals surface area contributed by atoms with E-state index in [1.54, 1.807) is 18.3 Å². The van der Waals surface area contributed by atoms with Crippen LogP contribution in [0.2, 0.25) is 0 Å². The smallest absolute Gasteiger partial charge is 0.253 e. The van der Waals surface area contributed by atoms with Gasteiger partial charge in [0.1, 0.15) is 5.82 Å². The van der Waals surface area contributed by atoms with Gasteiger partial charge in [-0.25, -0.2) is 4.98 Å². The Morgan fingerprint density at radius 1 is 1.08 bits per heavy atom. The molecule has 1 aliphatic rings. The van der Waals surface area contributed by atoms with Gasteiger partial charge in [0, 0.05) is 37.0 Å². The van der Waals surface area contributed by atoms with E-state index in [0.29, 0.717) is 23.5 Å². The van der Waals surface area contributed by atoms with Gasteiger partial charge >= 0.3 is 0 Å². The molecular formula is C19H22N4O2. The van der Waals surface area contributed by atoms with Crippen LogP contribution in [-0.2, 0) is 6.54 Å². The van der Waals surface area contributed by atoms with Crippen LogP contribution in [0.5, 0.6) is 0 Å². The predicted molar refractivity (Wildman–Crippen MR) is 96.3 cm³/mol. The summed E-state index contributed by atoms with van der Waals surface area (Å²) in [7, 11) is 0. The highest BCUT2D eigenvalue weighted by Gasteiger charge is 2.18. The van der Waals surface area contributed by atoms with Crippen LogP contribution < -0.4 is 11.1 Å². The molecule has 1 saturated heterocycles. The maximum Gasteiger partial charge on any atom is 0.253 e. The molecule has 2 aromatic rings. The van der Waals surface area contributed by atoms with E-state index in [-0.39, 0.29) is 5.91 Å². The van der Waals surface area contributed by atoms with E-state index in [0.717, 1.165) is 31.5 Å². The van der Waals surface area contributed by atoms with Gasteiger partial charge in [-0.1, -0.05) is 12.1 Å². The lowest BCUT2D eigenvalue weighted by molar-refractivity contribution is 0.0724. The second-order valence-electron chi connectivity index (χ2n) is 6.20. The van der Waals surface area contributed by atoms with Crippen molar-refractivity contribution in [3.05, 3.63) is 59.3 Å². The summed E-state index contributed by atoms with van der Waals surface area (Å²) >= 11 is 0. The summed E-state index contributed by atoms with van der Waals surface area (Å²) in [5.41, 5.74) is 7.38. The lowest BCUT2D eigenvalue weighted by Gasteiger charge is -2.26. The van der Waals surface area contributed by atoms with E-state index in [2.05, 4.69) is 10.3 Å². The first-order chi connectivity index (χ1) is 12.1. The van der Waals surface area contributed by atoms with Crippen molar-refractivity contribution < 1.29 is 9.59 Å². The number of hydrogen-bond acceptors (Lipinski definition) is 4. The van der Waals surface area contributed by atoms with Gasteiger partial charge in [-0.05, 0) is 49.1 Å². The van der Waals surface area contributed by atoms with Crippen molar-refractivity contribution in [3.63, 3.8) is 0 Å². The van der Waals surface area contributed by atoms with Gasteiger partial charge in [0.2, 0.25) is 5.91 Å². The number of likely N-dealkylation sites (tertiary alicyclic amines) is 1. The van der Waals surface area contributed by atoms with Crippen LogP contribution in [0, 0.1) is 0 Å². The summed E-state index contributed by atoms with van der Waals surface area (Å²) in [6.07, 6.45) is 4.90. The van der Waals surface area contributed by atoms with Crippen LogP contribution >= 0.6 is 0 Å². The summed E-state index contributed by atoms with van der Waals surface area (Å²) in [4.78, 5) is 29.9. The third-order valence-corrected chi connectivity index (χ3v) is 4.34. The largest absolute Gasteiger partial charge is 0.366 e. The van der Waals surface area contributed by atoms with Crippen molar-refractivity contribution >= 4 is 17.6 Å². The molecular weight excluding hydrogens is 316 g/mol. The molecule has 0 spiro atoms. The molecule has 6 nitrogen and oxygen atoms in total. The molecule has 1 aliphatic heterocycles. The number of carbonyl (C=O) groups excluding carboxylic acids is 2. The Labute approximate surface area is 147 Å². The van der Waals surface area contributed by atoms with Gasteiger partial charge in [0.25, 0.3) is 5.91 Å². The van der Waals surface area contributed by atoms with E-state index in [9.17, 15) is 9.59 Å². The average Bonchev–Trinajstić information content (AvgIpc) is 2.67. The minimum Gasteiger partial charge on any atom is -0.366 e. The Balaban J connectivity index is 1.66. The first-order valence-corrected chi connectivity index (χ1v) is 8.51. The number of nitrogens with zero attached hydrogens (tertiary/aromatic N) is 2. The number of nitrogens with two attached hydrogens (primary N) is 1. The highest BCUT2D eigenvalue weighted by Crippen LogP contribution is 2.15. The van der Waals surface area contributed by atoms with Gasteiger partial charge in [-0.15, -0.1) is 0 Å². The fourth-order valence-corrected chi connectivity index (χ4v) is 2.97. The molecule has 1 aromatic heterocycles. The summed E-state index contributed by atoms with van der Waals surface area (Å²) < 4.78 is 0. The third kappa shape index (κ3) is 4.35. The number of nitrogens with one attached hydrogen (secondary N) is 1. The molecule has 6 heteroatoms. The highest BCUT2D eigenvalue weighted by atomic mass is 16.2. The van der Waals surface area contributed by atoms with Crippen molar-refractivity contribution in [1.82, 2.24) is 9.88 Å². The predicted octanol–water partition coefficient (Wildman–Crippen LogP) is 2.42. The van der Waals surface area contributed by atoms with Gasteiger partial charge in [0.15, 0.2) is 0 Å². The van der Waals surface area contributed by atoms with Gasteiger partial charge in [-0.2, -0.15) is 0 Å². The lowest BCUT2D eigenvalue weighted by Crippen LogP contribution is -2.35. The molecule has 3 rings (SSSR count). The fourth-order valence-electron chi connectivity index (χ4n) is 2.97. The van der Waals surface area contributed by atoms with Gasteiger partial charge in [0.05, 0.1) is 0 Å². The highest BCUT2D eigenvalue weighted by molar-refractivity contribution is 5.94. The number of benzene rings is 1. The Morgan fingerprint density at radius 3 is 2.64 bits per heavy atom. The number of amides is 2. The Kier molecular flexibility index (Phi) is 5.28. The van der Waals surface area contributed by atoms with E-state index in [4.69, 9.17) is 5.73 Å². The summed E-state index contributed by atoms with van der Waals surface area (Å²) in [5, 5.41) is 3.16. The molecule has 0 saturated carbocycles. The minimum atomic E-state index is -0.487. The van der Waals surface area contributed by atoms with Crippen LogP contribution in [0.3, 0.4) is 0 Å². The van der Waals surface area contributed by atoms with Crippen LogP contribution in [0.1, 0.15) is 45.5 Å². The number of carbonyl (C=O) groups is 2. The molecule has 1 aromatic carbocycles. The van der Waals surface area contributed by atoms with Crippen LogP contribution in [0.4, 0.5) is 5.82 Å². The number of anilines is 1. The topological polar surface area (TPSA) is 88.3 Å². The molecule has 0 radical (unpaired) electrons. The average molecular weight is 338 g/mol. The molecule has 2 amide bonds. The van der Waals surface area contributed by atoms with Crippen LogP contribution in [0.15, 0.2) is 42.6 Å². The number of aromatic nitrogens is 1. The first kappa shape index (κ1) is 17.0. The zero-order valence-corrected chi connectivity index (χ0v) is 14.1. The molecule has 0 bridgehead atoms. The Morgan fingerprint density at radius 2 is 1.88 bits per heavy atom. The second kappa shape index (κ2) is 7.79. The van der Waals surface area contributed by atoms with E-state index >= 15 is 0 Å². The SMILES string of the molecule is NC(=O)c1ccnc(NCc2cccc(C(=O)N3CCCCC3)c2)c1. The van der Waals surface area contributed by atoms with E-state index in [1.165, 1.54) is 6.42 Å². The number of primary amides is 1. The maximum atomic E-state index is 12.6.